The summed E-state index contributed by atoms with van der Waals surface area (Å²) in [5.41, 5.74) is 7.44. The van der Waals surface area contributed by atoms with Crippen LogP contribution in [-0.2, 0) is 4.79 Å². The summed E-state index contributed by atoms with van der Waals surface area (Å²) in [6.45, 7) is 4.33. The van der Waals surface area contributed by atoms with Gasteiger partial charge in [-0.2, -0.15) is 0 Å². The Morgan fingerprint density at radius 2 is 2.17 bits per heavy atom. The molecule has 0 saturated heterocycles. The van der Waals surface area contributed by atoms with E-state index in [4.69, 9.17) is 10.3 Å². The van der Waals surface area contributed by atoms with Crippen molar-refractivity contribution in [1.29, 1.82) is 0 Å². The van der Waals surface area contributed by atoms with Gasteiger partial charge in [0.2, 0.25) is 11.8 Å². The molecule has 1 aromatic heterocycles. The third-order valence-electron chi connectivity index (χ3n) is 3.94. The van der Waals surface area contributed by atoms with Crippen molar-refractivity contribution >= 4 is 11.8 Å². The lowest BCUT2D eigenvalue weighted by Crippen LogP contribution is -2.35. The number of nitrogens with two attached hydrogens (primary N) is 1. The number of aryl methyl sites for hydroxylation is 1. The minimum Gasteiger partial charge on any atom is -0.338 e. The fraction of sp³-hybridized carbons (Fsp3) is 0.692. The van der Waals surface area contributed by atoms with Gasteiger partial charge in [0.25, 0.3) is 0 Å². The summed E-state index contributed by atoms with van der Waals surface area (Å²) in [6.07, 6.45) is 4.23. The maximum atomic E-state index is 12.2. The number of rotatable bonds is 3. The molecular formula is C13H21N3O2. The summed E-state index contributed by atoms with van der Waals surface area (Å²) in [5.74, 6) is 0.792. The van der Waals surface area contributed by atoms with Gasteiger partial charge in [-0.05, 0) is 39.2 Å². The molecule has 2 unspecified atom stereocenters. The van der Waals surface area contributed by atoms with E-state index in [9.17, 15) is 4.79 Å². The molecule has 1 aliphatic carbocycles. The molecule has 18 heavy (non-hydrogen) atoms. The summed E-state index contributed by atoms with van der Waals surface area (Å²) in [6, 6.07) is 0. The summed E-state index contributed by atoms with van der Waals surface area (Å²) >= 11 is 0. The number of amides is 1. The van der Waals surface area contributed by atoms with E-state index < -0.39 is 0 Å². The van der Waals surface area contributed by atoms with Gasteiger partial charge in [0.1, 0.15) is 0 Å². The third kappa shape index (κ3) is 2.56. The highest BCUT2D eigenvalue weighted by Crippen LogP contribution is 2.30. The fourth-order valence-corrected chi connectivity index (χ4v) is 2.57. The molecule has 0 bridgehead atoms. The van der Waals surface area contributed by atoms with Gasteiger partial charge < -0.3 is 10.3 Å². The number of hydrogen-bond donors (Lipinski definition) is 2. The molecule has 1 aliphatic rings. The second-order valence-corrected chi connectivity index (χ2v) is 5.10. The smallest absolute Gasteiger partial charge is 0.234 e. The Bertz CT molecular complexity index is 428. The Hall–Kier alpha value is -1.36. The quantitative estimate of drug-likeness (QED) is 0.860. The Labute approximate surface area is 107 Å². The molecule has 0 radical (unpaired) electrons. The van der Waals surface area contributed by atoms with E-state index in [-0.39, 0.29) is 11.8 Å². The first-order valence-corrected chi connectivity index (χ1v) is 6.57. The van der Waals surface area contributed by atoms with E-state index in [0.29, 0.717) is 18.3 Å². The molecule has 3 N–H and O–H groups in total. The monoisotopic (exact) mass is 251 g/mol. The molecule has 1 fully saturated rings. The third-order valence-corrected chi connectivity index (χ3v) is 3.94. The predicted octanol–water partition coefficient (Wildman–Crippen LogP) is 2.00. The number of nitrogens with one attached hydrogen (secondary N) is 1. The molecule has 2 rings (SSSR count). The van der Waals surface area contributed by atoms with Crippen LogP contribution in [-0.4, -0.2) is 17.6 Å². The SMILES string of the molecule is Cc1noc(NC(=O)C2CCCCC2CN)c1C. The molecule has 5 nitrogen and oxygen atoms in total. The number of hydrogen-bond acceptors (Lipinski definition) is 4. The van der Waals surface area contributed by atoms with Crippen molar-refractivity contribution < 1.29 is 9.32 Å². The van der Waals surface area contributed by atoms with E-state index in [1.807, 2.05) is 13.8 Å². The Balaban J connectivity index is 2.04. The Morgan fingerprint density at radius 1 is 1.44 bits per heavy atom. The maximum absolute atomic E-state index is 12.2. The highest BCUT2D eigenvalue weighted by atomic mass is 16.5. The highest BCUT2D eigenvalue weighted by Gasteiger charge is 2.30. The van der Waals surface area contributed by atoms with Crippen molar-refractivity contribution in [3.63, 3.8) is 0 Å². The second-order valence-electron chi connectivity index (χ2n) is 5.10. The lowest BCUT2D eigenvalue weighted by atomic mass is 9.79. The second kappa shape index (κ2) is 5.52. The first kappa shape index (κ1) is 13.1. The van der Waals surface area contributed by atoms with E-state index in [1.165, 1.54) is 6.42 Å². The summed E-state index contributed by atoms with van der Waals surface area (Å²) in [7, 11) is 0. The van der Waals surface area contributed by atoms with Gasteiger partial charge >= 0.3 is 0 Å². The van der Waals surface area contributed by atoms with E-state index in [2.05, 4.69) is 10.5 Å². The average molecular weight is 251 g/mol. The zero-order chi connectivity index (χ0) is 13.1. The molecule has 0 aliphatic heterocycles. The van der Waals surface area contributed by atoms with Crippen LogP contribution in [0, 0.1) is 25.7 Å². The molecule has 1 saturated carbocycles. The topological polar surface area (TPSA) is 81.2 Å². The van der Waals surface area contributed by atoms with E-state index in [1.54, 1.807) is 0 Å². The number of carbonyl (C=O) groups excluding carboxylic acids is 1. The minimum absolute atomic E-state index is 0.00792. The predicted molar refractivity (Wildman–Crippen MR) is 69.1 cm³/mol. The standard InChI is InChI=1S/C13H21N3O2/c1-8-9(2)16-18-13(8)15-12(17)11-6-4-3-5-10(11)7-14/h10-11H,3-7,14H2,1-2H3,(H,15,17). The zero-order valence-corrected chi connectivity index (χ0v) is 11.0. The zero-order valence-electron chi connectivity index (χ0n) is 11.0. The molecule has 5 heteroatoms. The van der Waals surface area contributed by atoms with Crippen LogP contribution < -0.4 is 11.1 Å². The Kier molecular flexibility index (Phi) is 4.01. The molecular weight excluding hydrogens is 230 g/mol. The first-order valence-electron chi connectivity index (χ1n) is 6.57. The van der Waals surface area contributed by atoms with E-state index in [0.717, 1.165) is 30.5 Å². The van der Waals surface area contributed by atoms with Crippen LogP contribution in [0.5, 0.6) is 0 Å². The minimum atomic E-state index is 0.00792. The van der Waals surface area contributed by atoms with Crippen LogP contribution in [0.15, 0.2) is 4.52 Å². The van der Waals surface area contributed by atoms with Gasteiger partial charge in [-0.15, -0.1) is 0 Å². The van der Waals surface area contributed by atoms with Crippen molar-refractivity contribution in [3.05, 3.63) is 11.3 Å². The van der Waals surface area contributed by atoms with Crippen molar-refractivity contribution in [2.24, 2.45) is 17.6 Å². The van der Waals surface area contributed by atoms with Crippen LogP contribution >= 0.6 is 0 Å². The van der Waals surface area contributed by atoms with Crippen LogP contribution in [0.1, 0.15) is 36.9 Å². The van der Waals surface area contributed by atoms with Crippen molar-refractivity contribution in [2.45, 2.75) is 39.5 Å². The maximum Gasteiger partial charge on any atom is 0.234 e. The number of anilines is 1. The summed E-state index contributed by atoms with van der Waals surface area (Å²) < 4.78 is 5.11. The normalized spacial score (nSPS) is 23.9. The van der Waals surface area contributed by atoms with Gasteiger partial charge in [-0.3, -0.25) is 10.1 Å². The number of carbonyl (C=O) groups is 1. The van der Waals surface area contributed by atoms with Crippen molar-refractivity contribution in [2.75, 3.05) is 11.9 Å². The summed E-state index contributed by atoms with van der Waals surface area (Å²) in [4.78, 5) is 12.2. The highest BCUT2D eigenvalue weighted by molar-refractivity contribution is 5.92. The van der Waals surface area contributed by atoms with Crippen molar-refractivity contribution in [1.82, 2.24) is 5.16 Å². The molecule has 100 valence electrons. The average Bonchev–Trinajstić information content (AvgIpc) is 2.70. The van der Waals surface area contributed by atoms with Crippen LogP contribution in [0.2, 0.25) is 0 Å². The molecule has 0 aromatic carbocycles. The van der Waals surface area contributed by atoms with E-state index >= 15 is 0 Å². The Morgan fingerprint density at radius 3 is 2.78 bits per heavy atom. The molecule has 1 heterocycles. The molecule has 2 atom stereocenters. The van der Waals surface area contributed by atoms with Gasteiger partial charge in [0, 0.05) is 11.5 Å². The molecule has 0 spiro atoms. The van der Waals surface area contributed by atoms with Crippen molar-refractivity contribution in [3.8, 4) is 0 Å². The first-order chi connectivity index (χ1) is 8.63. The van der Waals surface area contributed by atoms with Gasteiger partial charge in [0.15, 0.2) is 0 Å². The van der Waals surface area contributed by atoms with Gasteiger partial charge in [-0.1, -0.05) is 18.0 Å². The molecule has 1 aromatic rings. The van der Waals surface area contributed by atoms with Crippen LogP contribution in [0.25, 0.3) is 0 Å². The fourth-order valence-electron chi connectivity index (χ4n) is 2.57. The summed E-state index contributed by atoms with van der Waals surface area (Å²) in [5, 5.41) is 6.68. The lowest BCUT2D eigenvalue weighted by molar-refractivity contribution is -0.122. The van der Waals surface area contributed by atoms with Gasteiger partial charge in [-0.25, -0.2) is 0 Å². The van der Waals surface area contributed by atoms with Crippen LogP contribution in [0.4, 0.5) is 5.88 Å². The lowest BCUT2D eigenvalue weighted by Gasteiger charge is -2.29. The number of nitrogens with zero attached hydrogens (tertiary/aromatic N) is 1. The largest absolute Gasteiger partial charge is 0.338 e. The van der Waals surface area contributed by atoms with Gasteiger partial charge in [0.05, 0.1) is 5.69 Å². The molecule has 1 amide bonds. The number of aromatic nitrogens is 1. The van der Waals surface area contributed by atoms with Crippen LogP contribution in [0.3, 0.4) is 0 Å².